The molecule has 2 N–H and O–H groups in total. The van der Waals surface area contributed by atoms with Crippen LogP contribution in [0.5, 0.6) is 0 Å². The summed E-state index contributed by atoms with van der Waals surface area (Å²) in [6, 6.07) is 6.45. The van der Waals surface area contributed by atoms with Crippen LogP contribution in [-0.2, 0) is 0 Å². The molecule has 8 nitrogen and oxygen atoms in total. The van der Waals surface area contributed by atoms with Crippen LogP contribution >= 0.6 is 0 Å². The van der Waals surface area contributed by atoms with Gasteiger partial charge in [-0.25, -0.2) is 0 Å². The van der Waals surface area contributed by atoms with Gasteiger partial charge in [0.2, 0.25) is 0 Å². The summed E-state index contributed by atoms with van der Waals surface area (Å²) in [7, 11) is 0. The molecule has 0 atom stereocenters. The quantitative estimate of drug-likeness (QED) is 0.462. The topological polar surface area (TPSA) is 124 Å². The summed E-state index contributed by atoms with van der Waals surface area (Å²) in [5.41, 5.74) is 0.571. The van der Waals surface area contributed by atoms with Gasteiger partial charge >= 0.3 is 0 Å². The van der Waals surface area contributed by atoms with Crippen molar-refractivity contribution in [3.63, 3.8) is 0 Å². The lowest BCUT2D eigenvalue weighted by molar-refractivity contribution is 0.999. The number of hydrogen-bond donors (Lipinski definition) is 2. The summed E-state index contributed by atoms with van der Waals surface area (Å²) < 4.78 is 0. The molecule has 0 aliphatic carbocycles. The van der Waals surface area contributed by atoms with Gasteiger partial charge in [0.15, 0.2) is 11.7 Å². The van der Waals surface area contributed by atoms with E-state index in [0.717, 1.165) is 0 Å². The molecular weight excluding hydrogens is 232 g/mol. The van der Waals surface area contributed by atoms with Crippen molar-refractivity contribution in [1.29, 1.82) is 10.8 Å². The summed E-state index contributed by atoms with van der Waals surface area (Å²) >= 11 is 0. The lowest BCUT2D eigenvalue weighted by Gasteiger charge is -1.95. The van der Waals surface area contributed by atoms with E-state index in [1.165, 1.54) is 12.4 Å². The molecule has 0 saturated heterocycles. The minimum Gasteiger partial charge on any atom is -0.279 e. The van der Waals surface area contributed by atoms with Gasteiger partial charge in [-0.3, -0.25) is 10.8 Å². The van der Waals surface area contributed by atoms with Gasteiger partial charge < -0.3 is 0 Å². The first-order chi connectivity index (χ1) is 8.77. The van der Waals surface area contributed by atoms with E-state index < -0.39 is 0 Å². The van der Waals surface area contributed by atoms with Gasteiger partial charge in [-0.1, -0.05) is 0 Å². The fourth-order valence-corrected chi connectivity index (χ4v) is 1.06. The molecule has 0 aliphatic heterocycles. The highest BCUT2D eigenvalue weighted by atomic mass is 15.2. The Labute approximate surface area is 102 Å². The maximum atomic E-state index is 7.59. The molecule has 2 heterocycles. The fourth-order valence-electron chi connectivity index (χ4n) is 1.06. The van der Waals surface area contributed by atoms with Gasteiger partial charge in [-0.05, 0) is 24.3 Å². The summed E-state index contributed by atoms with van der Waals surface area (Å²) in [5.74, 6) is -0.339. The van der Waals surface area contributed by atoms with Crippen LogP contribution in [0, 0.1) is 10.8 Å². The number of aromatic nitrogens is 4. The van der Waals surface area contributed by atoms with Gasteiger partial charge in [-0.2, -0.15) is 10.2 Å². The van der Waals surface area contributed by atoms with Crippen molar-refractivity contribution in [3.8, 4) is 0 Å². The third-order valence-electron chi connectivity index (χ3n) is 1.88. The summed E-state index contributed by atoms with van der Waals surface area (Å²) in [5, 5.41) is 37.0. The van der Waals surface area contributed by atoms with Crippen molar-refractivity contribution in [2.24, 2.45) is 10.2 Å². The van der Waals surface area contributed by atoms with Crippen LogP contribution in [0.15, 0.2) is 46.9 Å². The maximum Gasteiger partial charge on any atom is 0.195 e. The van der Waals surface area contributed by atoms with Gasteiger partial charge in [0.05, 0.1) is 0 Å². The molecule has 88 valence electrons. The van der Waals surface area contributed by atoms with Gasteiger partial charge in [0, 0.05) is 12.4 Å². The minimum atomic E-state index is -0.170. The van der Waals surface area contributed by atoms with Crippen molar-refractivity contribution in [2.75, 3.05) is 0 Å². The Morgan fingerprint density at radius 3 is 1.61 bits per heavy atom. The zero-order valence-electron chi connectivity index (χ0n) is 9.15. The Morgan fingerprint density at radius 1 is 0.833 bits per heavy atom. The number of amidine groups is 2. The molecule has 0 amide bonds. The van der Waals surface area contributed by atoms with Crippen LogP contribution in [0.1, 0.15) is 11.4 Å². The molecule has 0 aliphatic rings. The first-order valence-corrected chi connectivity index (χ1v) is 4.92. The average Bonchev–Trinajstić information content (AvgIpc) is 2.46. The van der Waals surface area contributed by atoms with E-state index in [2.05, 4.69) is 30.6 Å². The fraction of sp³-hybridized carbons (Fsp3) is 0. The second-order valence-electron chi connectivity index (χ2n) is 3.12. The number of rotatable bonds is 2. The highest BCUT2D eigenvalue weighted by Gasteiger charge is 2.04. The van der Waals surface area contributed by atoms with E-state index >= 15 is 0 Å². The van der Waals surface area contributed by atoms with Crippen LogP contribution in [0.4, 0.5) is 0 Å². The average molecular weight is 240 g/mol. The third kappa shape index (κ3) is 2.82. The summed E-state index contributed by atoms with van der Waals surface area (Å²) in [6.07, 6.45) is 2.99. The first kappa shape index (κ1) is 11.6. The SMILES string of the molecule is N=C(N=NC(=N)c1cccnn1)c1cccnn1. The summed E-state index contributed by atoms with van der Waals surface area (Å²) in [4.78, 5) is 0. The van der Waals surface area contributed by atoms with Gasteiger partial charge in [-0.15, -0.1) is 20.4 Å². The molecule has 0 bridgehead atoms. The molecule has 8 heteroatoms. The van der Waals surface area contributed by atoms with Crippen LogP contribution < -0.4 is 0 Å². The number of hydrogen-bond acceptors (Lipinski definition) is 6. The van der Waals surface area contributed by atoms with Crippen molar-refractivity contribution in [2.45, 2.75) is 0 Å². The lowest BCUT2D eigenvalue weighted by Crippen LogP contribution is -2.02. The third-order valence-corrected chi connectivity index (χ3v) is 1.88. The first-order valence-electron chi connectivity index (χ1n) is 4.92. The van der Waals surface area contributed by atoms with E-state index in [1.54, 1.807) is 24.3 Å². The molecule has 0 radical (unpaired) electrons. The molecular formula is C10H8N8. The Kier molecular flexibility index (Phi) is 3.50. The molecule has 0 fully saturated rings. The highest BCUT2D eigenvalue weighted by molar-refractivity contribution is 5.98. The standard InChI is InChI=1S/C10H8N8/c11-9(7-3-1-5-13-15-7)17-18-10(12)8-4-2-6-14-16-8/h1-6,11-12H. The monoisotopic (exact) mass is 240 g/mol. The highest BCUT2D eigenvalue weighted by Crippen LogP contribution is 1.98. The largest absolute Gasteiger partial charge is 0.279 e. The van der Waals surface area contributed by atoms with Gasteiger partial charge in [0.1, 0.15) is 11.4 Å². The Balaban J connectivity index is 2.08. The van der Waals surface area contributed by atoms with E-state index in [-0.39, 0.29) is 23.1 Å². The maximum absolute atomic E-state index is 7.59. The van der Waals surface area contributed by atoms with E-state index in [0.29, 0.717) is 0 Å². The normalized spacial score (nSPS) is 10.4. The zero-order valence-corrected chi connectivity index (χ0v) is 9.15. The van der Waals surface area contributed by atoms with Gasteiger partial charge in [0.25, 0.3) is 0 Å². The smallest absolute Gasteiger partial charge is 0.195 e. The van der Waals surface area contributed by atoms with E-state index in [1.807, 2.05) is 0 Å². The van der Waals surface area contributed by atoms with Crippen molar-refractivity contribution in [1.82, 2.24) is 20.4 Å². The zero-order chi connectivity index (χ0) is 12.8. The molecule has 2 rings (SSSR count). The molecule has 18 heavy (non-hydrogen) atoms. The molecule has 0 spiro atoms. The van der Waals surface area contributed by atoms with Crippen LogP contribution in [-0.4, -0.2) is 32.1 Å². The minimum absolute atomic E-state index is 0.170. The molecule has 0 saturated carbocycles. The Hall–Kier alpha value is -2.90. The van der Waals surface area contributed by atoms with Crippen LogP contribution in [0.2, 0.25) is 0 Å². The van der Waals surface area contributed by atoms with Crippen molar-refractivity contribution in [3.05, 3.63) is 48.0 Å². The van der Waals surface area contributed by atoms with Crippen LogP contribution in [0.3, 0.4) is 0 Å². The Morgan fingerprint density at radius 2 is 1.28 bits per heavy atom. The van der Waals surface area contributed by atoms with Crippen molar-refractivity contribution < 1.29 is 0 Å². The Bertz CT molecular complexity index is 524. The van der Waals surface area contributed by atoms with E-state index in [4.69, 9.17) is 10.8 Å². The second-order valence-corrected chi connectivity index (χ2v) is 3.12. The van der Waals surface area contributed by atoms with E-state index in [9.17, 15) is 0 Å². The molecule has 2 aromatic rings. The molecule has 0 unspecified atom stereocenters. The summed E-state index contributed by atoms with van der Waals surface area (Å²) in [6.45, 7) is 0. The number of nitrogens with one attached hydrogen (secondary N) is 2. The predicted molar refractivity (Wildman–Crippen MR) is 62.6 cm³/mol. The number of nitrogens with zero attached hydrogens (tertiary/aromatic N) is 6. The van der Waals surface area contributed by atoms with Crippen molar-refractivity contribution >= 4 is 11.7 Å². The van der Waals surface area contributed by atoms with Crippen LogP contribution in [0.25, 0.3) is 0 Å². The number of azo groups is 1. The molecule has 2 aromatic heterocycles. The lowest BCUT2D eigenvalue weighted by atomic mass is 10.4. The predicted octanol–water partition coefficient (Wildman–Crippen LogP) is 1.07. The molecule has 0 aromatic carbocycles. The second kappa shape index (κ2) is 5.43.